The Hall–Kier alpha value is -1.68. The fourth-order valence-electron chi connectivity index (χ4n) is 1.24. The zero-order valence-corrected chi connectivity index (χ0v) is 10.7. The monoisotopic (exact) mass is 315 g/mol. The van der Waals surface area contributed by atoms with Crippen LogP contribution < -0.4 is 4.72 Å². The van der Waals surface area contributed by atoms with Gasteiger partial charge < -0.3 is 5.11 Å². The van der Waals surface area contributed by atoms with Crippen LogP contribution in [0.4, 0.5) is 17.6 Å². The first-order valence-corrected chi connectivity index (χ1v) is 6.55. The summed E-state index contributed by atoms with van der Waals surface area (Å²) in [7, 11) is -4.43. The minimum absolute atomic E-state index is 0.180. The van der Waals surface area contributed by atoms with Crippen molar-refractivity contribution in [1.82, 2.24) is 4.72 Å². The first kappa shape index (κ1) is 16.4. The normalized spacial score (nSPS) is 14.1. The first-order valence-electron chi connectivity index (χ1n) is 5.07. The van der Waals surface area contributed by atoms with E-state index in [2.05, 4.69) is 0 Å². The summed E-state index contributed by atoms with van der Waals surface area (Å²) in [6.07, 6.45) is -4.95. The Bertz CT molecular complexity index is 627. The SMILES string of the molecule is C[C@H](NS(=O)(=O)c1ccc(C(F)(F)F)c(F)c1)C(=O)O. The molecule has 0 spiro atoms. The van der Waals surface area contributed by atoms with Crippen molar-refractivity contribution < 1.29 is 35.9 Å². The summed E-state index contributed by atoms with van der Waals surface area (Å²) in [5, 5.41) is 8.55. The Labute approximate surface area is 111 Å². The predicted molar refractivity (Wildman–Crippen MR) is 58.8 cm³/mol. The van der Waals surface area contributed by atoms with Crippen LogP contribution in [0.2, 0.25) is 0 Å². The fourth-order valence-corrected chi connectivity index (χ4v) is 2.45. The number of alkyl halides is 3. The molecule has 0 bridgehead atoms. The molecule has 2 N–H and O–H groups in total. The van der Waals surface area contributed by atoms with E-state index in [1.54, 1.807) is 4.72 Å². The van der Waals surface area contributed by atoms with Crippen molar-refractivity contribution in [2.24, 2.45) is 0 Å². The van der Waals surface area contributed by atoms with Gasteiger partial charge in [0.1, 0.15) is 11.9 Å². The van der Waals surface area contributed by atoms with Crippen LogP contribution in [-0.2, 0) is 21.0 Å². The lowest BCUT2D eigenvalue weighted by Gasteiger charge is -2.12. The first-order chi connectivity index (χ1) is 8.95. The van der Waals surface area contributed by atoms with E-state index in [0.717, 1.165) is 6.92 Å². The standard InChI is InChI=1S/C10H9F4NO4S/c1-5(9(16)17)15-20(18,19)6-2-3-7(8(11)4-6)10(12,13)14/h2-5,15H,1H3,(H,16,17)/t5-/m0/s1. The molecule has 0 aliphatic carbocycles. The molecule has 1 atom stereocenters. The topological polar surface area (TPSA) is 83.5 Å². The van der Waals surface area contributed by atoms with Crippen molar-refractivity contribution in [1.29, 1.82) is 0 Å². The lowest BCUT2D eigenvalue weighted by atomic mass is 10.2. The average Bonchev–Trinajstić information content (AvgIpc) is 2.26. The molecule has 20 heavy (non-hydrogen) atoms. The molecular weight excluding hydrogens is 306 g/mol. The molecule has 1 rings (SSSR count). The van der Waals surface area contributed by atoms with E-state index in [0.29, 0.717) is 6.07 Å². The third-order valence-electron chi connectivity index (χ3n) is 2.26. The van der Waals surface area contributed by atoms with Crippen molar-refractivity contribution in [2.45, 2.75) is 24.0 Å². The molecule has 0 amide bonds. The molecule has 0 fully saturated rings. The molecule has 112 valence electrons. The molecule has 0 unspecified atom stereocenters. The number of sulfonamides is 1. The van der Waals surface area contributed by atoms with Gasteiger partial charge in [-0.25, -0.2) is 12.8 Å². The van der Waals surface area contributed by atoms with Crippen molar-refractivity contribution in [3.63, 3.8) is 0 Å². The molecular formula is C10H9F4NO4S. The smallest absolute Gasteiger partial charge is 0.419 e. The van der Waals surface area contributed by atoms with Crippen LogP contribution in [0.3, 0.4) is 0 Å². The Kier molecular flexibility index (Phi) is 4.39. The number of halogens is 4. The highest BCUT2D eigenvalue weighted by atomic mass is 32.2. The average molecular weight is 315 g/mol. The highest BCUT2D eigenvalue weighted by Crippen LogP contribution is 2.32. The fraction of sp³-hybridized carbons (Fsp3) is 0.300. The maximum Gasteiger partial charge on any atom is 0.419 e. The number of carboxylic acid groups (broad SMARTS) is 1. The van der Waals surface area contributed by atoms with E-state index in [1.807, 2.05) is 0 Å². The second-order valence-corrected chi connectivity index (χ2v) is 5.53. The molecule has 5 nitrogen and oxygen atoms in total. The van der Waals surface area contributed by atoms with E-state index >= 15 is 0 Å². The van der Waals surface area contributed by atoms with Gasteiger partial charge in [0.2, 0.25) is 10.0 Å². The van der Waals surface area contributed by atoms with Crippen LogP contribution in [0.1, 0.15) is 12.5 Å². The second kappa shape index (κ2) is 5.37. The van der Waals surface area contributed by atoms with Crippen LogP contribution >= 0.6 is 0 Å². The zero-order chi connectivity index (χ0) is 15.7. The summed E-state index contributed by atoms with van der Waals surface area (Å²) in [6, 6.07) is -0.511. The molecule has 0 saturated heterocycles. The van der Waals surface area contributed by atoms with Gasteiger partial charge in [-0.1, -0.05) is 0 Å². The van der Waals surface area contributed by atoms with Crippen LogP contribution in [0.5, 0.6) is 0 Å². The van der Waals surface area contributed by atoms with E-state index in [-0.39, 0.29) is 12.1 Å². The minimum atomic E-state index is -4.95. The van der Waals surface area contributed by atoms with Gasteiger partial charge >= 0.3 is 12.1 Å². The van der Waals surface area contributed by atoms with Gasteiger partial charge in [0.15, 0.2) is 0 Å². The third-order valence-corrected chi connectivity index (χ3v) is 3.80. The van der Waals surface area contributed by atoms with Gasteiger partial charge in [-0.15, -0.1) is 0 Å². The molecule has 1 aromatic carbocycles. The van der Waals surface area contributed by atoms with Gasteiger partial charge in [0, 0.05) is 0 Å². The van der Waals surface area contributed by atoms with Crippen LogP contribution in [0.15, 0.2) is 23.1 Å². The molecule has 0 aliphatic heterocycles. The summed E-state index contributed by atoms with van der Waals surface area (Å²) in [6.45, 7) is 1.01. The van der Waals surface area contributed by atoms with E-state index in [9.17, 15) is 30.8 Å². The van der Waals surface area contributed by atoms with Gasteiger partial charge in [-0.2, -0.15) is 17.9 Å². The number of aliphatic carboxylic acids is 1. The van der Waals surface area contributed by atoms with Crippen molar-refractivity contribution in [3.8, 4) is 0 Å². The molecule has 10 heteroatoms. The van der Waals surface area contributed by atoms with E-state index in [4.69, 9.17) is 5.11 Å². The number of nitrogens with one attached hydrogen (secondary N) is 1. The van der Waals surface area contributed by atoms with Crippen LogP contribution in [0.25, 0.3) is 0 Å². The largest absolute Gasteiger partial charge is 0.480 e. The number of hydrogen-bond acceptors (Lipinski definition) is 3. The van der Waals surface area contributed by atoms with Gasteiger partial charge in [0.25, 0.3) is 0 Å². The summed E-state index contributed by atoms with van der Waals surface area (Å²) in [5.74, 6) is -3.25. The molecule has 0 aliphatic rings. The maximum atomic E-state index is 13.2. The zero-order valence-electron chi connectivity index (χ0n) is 9.90. The van der Waals surface area contributed by atoms with Crippen molar-refractivity contribution in [3.05, 3.63) is 29.6 Å². The summed E-state index contributed by atoms with van der Waals surface area (Å²) < 4.78 is 75.1. The quantitative estimate of drug-likeness (QED) is 0.827. The van der Waals surface area contributed by atoms with Crippen LogP contribution in [0, 0.1) is 5.82 Å². The summed E-state index contributed by atoms with van der Waals surface area (Å²) >= 11 is 0. The third kappa shape index (κ3) is 3.67. The van der Waals surface area contributed by atoms with Gasteiger partial charge in [0.05, 0.1) is 10.5 Å². The molecule has 0 saturated carbocycles. The molecule has 0 radical (unpaired) electrons. The lowest BCUT2D eigenvalue weighted by molar-refractivity contribution is -0.140. The number of rotatable bonds is 4. The lowest BCUT2D eigenvalue weighted by Crippen LogP contribution is -2.38. The number of hydrogen-bond donors (Lipinski definition) is 2. The second-order valence-electron chi connectivity index (χ2n) is 3.82. The Morgan fingerprint density at radius 1 is 1.35 bits per heavy atom. The van der Waals surface area contributed by atoms with Crippen LogP contribution in [-0.4, -0.2) is 25.5 Å². The molecule has 0 aromatic heterocycles. The van der Waals surface area contributed by atoms with Gasteiger partial charge in [-0.05, 0) is 25.1 Å². The highest BCUT2D eigenvalue weighted by Gasteiger charge is 2.35. The Morgan fingerprint density at radius 3 is 2.30 bits per heavy atom. The van der Waals surface area contributed by atoms with Gasteiger partial charge in [-0.3, -0.25) is 4.79 Å². The van der Waals surface area contributed by atoms with E-state index in [1.165, 1.54) is 0 Å². The highest BCUT2D eigenvalue weighted by molar-refractivity contribution is 7.89. The predicted octanol–water partition coefficient (Wildman–Crippen LogP) is 1.60. The Morgan fingerprint density at radius 2 is 1.90 bits per heavy atom. The number of carbonyl (C=O) groups is 1. The van der Waals surface area contributed by atoms with Crippen molar-refractivity contribution in [2.75, 3.05) is 0 Å². The maximum absolute atomic E-state index is 13.2. The van der Waals surface area contributed by atoms with E-state index < -0.39 is 44.5 Å². The Balaban J connectivity index is 3.16. The number of benzene rings is 1. The van der Waals surface area contributed by atoms with Crippen molar-refractivity contribution >= 4 is 16.0 Å². The summed E-state index contributed by atoms with van der Waals surface area (Å²) in [4.78, 5) is 9.72. The molecule has 1 aromatic rings. The molecule has 0 heterocycles. The minimum Gasteiger partial charge on any atom is -0.480 e. The summed E-state index contributed by atoms with van der Waals surface area (Å²) in [5.41, 5.74) is -1.61. The number of carboxylic acids is 1.